The Hall–Kier alpha value is -2.42. The monoisotopic (exact) mass is 474 g/mol. The summed E-state index contributed by atoms with van der Waals surface area (Å²) in [6.07, 6.45) is 1.39. The Morgan fingerprint density at radius 3 is 2.87 bits per heavy atom. The molecule has 0 bridgehead atoms. The smallest absolute Gasteiger partial charge is 0.163 e. The second-order valence-corrected chi connectivity index (χ2v) is 8.58. The number of aromatic nitrogens is 2. The van der Waals surface area contributed by atoms with Crippen LogP contribution < -0.4 is 20.1 Å². The van der Waals surface area contributed by atoms with Gasteiger partial charge >= 0.3 is 0 Å². The van der Waals surface area contributed by atoms with Crippen molar-refractivity contribution in [2.24, 2.45) is 5.92 Å². The van der Waals surface area contributed by atoms with Crippen LogP contribution in [0.5, 0.6) is 11.5 Å². The number of nitrogens with one attached hydrogen (secondary N) is 2. The highest BCUT2D eigenvalue weighted by molar-refractivity contribution is 9.10. The van der Waals surface area contributed by atoms with Crippen LogP contribution in [0.3, 0.4) is 0 Å². The number of aliphatic hydroxyl groups is 1. The van der Waals surface area contributed by atoms with Crippen molar-refractivity contribution in [3.8, 4) is 11.5 Å². The lowest BCUT2D eigenvalue weighted by atomic mass is 10.1. The minimum absolute atomic E-state index is 0. The highest BCUT2D eigenvalue weighted by Gasteiger charge is 2.24. The summed E-state index contributed by atoms with van der Waals surface area (Å²) in [5, 5.41) is 17.1. The molecule has 0 saturated carbocycles. The Morgan fingerprint density at radius 2 is 2.10 bits per heavy atom. The number of benzene rings is 2. The van der Waals surface area contributed by atoms with E-state index in [1.807, 2.05) is 36.4 Å². The number of nitrogens with zero attached hydrogens (tertiary/aromatic N) is 2. The second-order valence-electron chi connectivity index (χ2n) is 7.67. The topological polar surface area (TPSA) is 88.5 Å². The van der Waals surface area contributed by atoms with E-state index in [-0.39, 0.29) is 20.2 Å². The number of rotatable bonds is 7. The first-order chi connectivity index (χ1) is 14.5. The molecule has 2 aromatic carbocycles. The zero-order valence-electron chi connectivity index (χ0n) is 16.9. The molecule has 30 heavy (non-hydrogen) atoms. The first-order valence-corrected chi connectivity index (χ1v) is 10.8. The van der Waals surface area contributed by atoms with Gasteiger partial charge in [0, 0.05) is 35.6 Å². The molecule has 160 valence electrons. The third-order valence-electron chi connectivity index (χ3n) is 5.12. The van der Waals surface area contributed by atoms with Crippen LogP contribution >= 0.6 is 15.9 Å². The van der Waals surface area contributed by atoms with Crippen LogP contribution in [-0.2, 0) is 0 Å². The molecule has 4 rings (SSSR count). The quantitative estimate of drug-likeness (QED) is 0.474. The summed E-state index contributed by atoms with van der Waals surface area (Å²) in [5.41, 5.74) is 1.70. The lowest BCUT2D eigenvalue weighted by Gasteiger charge is -2.29. The van der Waals surface area contributed by atoms with Gasteiger partial charge in [-0.15, -0.1) is 0 Å². The maximum Gasteiger partial charge on any atom is 0.163 e. The number of anilines is 2. The van der Waals surface area contributed by atoms with E-state index in [1.54, 1.807) is 0 Å². The molecular formula is C22H27BrN4O3. The third-order valence-corrected chi connectivity index (χ3v) is 5.61. The van der Waals surface area contributed by atoms with Crippen molar-refractivity contribution in [3.63, 3.8) is 0 Å². The van der Waals surface area contributed by atoms with Crippen molar-refractivity contribution >= 4 is 38.3 Å². The average molecular weight is 475 g/mol. The Balaban J connectivity index is 0.00000272. The first-order valence-electron chi connectivity index (χ1n) is 9.98. The lowest BCUT2D eigenvalue weighted by Crippen LogP contribution is -2.45. The maximum absolute atomic E-state index is 9.51. The largest absolute Gasteiger partial charge is 0.486 e. The summed E-state index contributed by atoms with van der Waals surface area (Å²) in [7, 11) is 0. The number of aliphatic hydroxyl groups excluding tert-OH is 1. The normalized spacial score (nSPS) is 16.6. The maximum atomic E-state index is 9.51. The number of halogens is 1. The molecular weight excluding hydrogens is 448 g/mol. The van der Waals surface area contributed by atoms with Crippen LogP contribution in [0.15, 0.2) is 47.2 Å². The van der Waals surface area contributed by atoms with E-state index in [2.05, 4.69) is 50.4 Å². The van der Waals surface area contributed by atoms with E-state index < -0.39 is 0 Å². The fourth-order valence-electron chi connectivity index (χ4n) is 3.36. The van der Waals surface area contributed by atoms with Crippen molar-refractivity contribution in [1.29, 1.82) is 0 Å². The molecule has 8 heteroatoms. The minimum Gasteiger partial charge on any atom is -0.486 e. The van der Waals surface area contributed by atoms with Crippen LogP contribution in [-0.4, -0.2) is 47.0 Å². The lowest BCUT2D eigenvalue weighted by molar-refractivity contribution is 0.0831. The van der Waals surface area contributed by atoms with Crippen molar-refractivity contribution in [2.75, 3.05) is 25.1 Å². The van der Waals surface area contributed by atoms with Gasteiger partial charge in [-0.3, -0.25) is 0 Å². The van der Waals surface area contributed by atoms with Crippen molar-refractivity contribution in [2.45, 2.75) is 26.0 Å². The molecule has 2 atom stereocenters. The van der Waals surface area contributed by atoms with Crippen molar-refractivity contribution < 1.29 is 16.0 Å². The predicted molar refractivity (Wildman–Crippen MR) is 123 cm³/mol. The minimum atomic E-state index is -0.145. The van der Waals surface area contributed by atoms with Crippen molar-refractivity contribution in [3.05, 3.63) is 47.2 Å². The highest BCUT2D eigenvalue weighted by atomic mass is 79.9. The Kier molecular flexibility index (Phi) is 6.36. The predicted octanol–water partition coefficient (Wildman–Crippen LogP) is 4.13. The van der Waals surface area contributed by atoms with Gasteiger partial charge in [0.1, 0.15) is 24.9 Å². The van der Waals surface area contributed by atoms with Gasteiger partial charge in [0.05, 0.1) is 12.1 Å². The van der Waals surface area contributed by atoms with Crippen LogP contribution in [0.2, 0.25) is 0 Å². The summed E-state index contributed by atoms with van der Waals surface area (Å²) in [5.74, 6) is 2.37. The fourth-order valence-corrected chi connectivity index (χ4v) is 3.76. The van der Waals surface area contributed by atoms with E-state index in [9.17, 15) is 5.11 Å². The summed E-state index contributed by atoms with van der Waals surface area (Å²) in [6, 6.07) is 11.7. The molecule has 2 unspecified atom stereocenters. The number of fused-ring (bicyclic) bond motifs is 2. The van der Waals surface area contributed by atoms with E-state index >= 15 is 0 Å². The summed E-state index contributed by atoms with van der Waals surface area (Å²) < 4.78 is 13.1. The van der Waals surface area contributed by atoms with Gasteiger partial charge in [-0.1, -0.05) is 35.8 Å². The average Bonchev–Trinajstić information content (AvgIpc) is 2.73. The van der Waals surface area contributed by atoms with Gasteiger partial charge in [0.25, 0.3) is 0 Å². The van der Waals surface area contributed by atoms with E-state index in [0.717, 1.165) is 21.1 Å². The first kappa shape index (κ1) is 20.8. The molecule has 3 N–H and O–H groups in total. The molecule has 0 fully saturated rings. The molecule has 0 aliphatic carbocycles. The van der Waals surface area contributed by atoms with Gasteiger partial charge in [-0.2, -0.15) is 0 Å². The third kappa shape index (κ3) is 4.66. The number of hydrogen-bond donors (Lipinski definition) is 3. The molecule has 7 nitrogen and oxygen atoms in total. The van der Waals surface area contributed by atoms with Gasteiger partial charge in [-0.05, 0) is 30.2 Å². The molecule has 0 amide bonds. The SMILES string of the molecule is CC(C)C(CO)NCC1COc2cc3ncnc(Nc4cccc(Br)c4)c3cc2O1.[HH]. The molecule has 0 radical (unpaired) electrons. The second kappa shape index (κ2) is 9.16. The summed E-state index contributed by atoms with van der Waals surface area (Å²) in [6.45, 7) is 5.28. The summed E-state index contributed by atoms with van der Waals surface area (Å²) >= 11 is 3.49. The molecule has 3 aromatic rings. The van der Waals surface area contributed by atoms with Crippen LogP contribution in [0, 0.1) is 5.92 Å². The van der Waals surface area contributed by atoms with Crippen molar-refractivity contribution in [1.82, 2.24) is 15.3 Å². The zero-order valence-corrected chi connectivity index (χ0v) is 18.5. The summed E-state index contributed by atoms with van der Waals surface area (Å²) in [4.78, 5) is 8.80. The highest BCUT2D eigenvalue weighted by Crippen LogP contribution is 2.37. The molecule has 0 spiro atoms. The Bertz CT molecular complexity index is 1040. The molecule has 1 aliphatic rings. The fraction of sp³-hybridized carbons (Fsp3) is 0.364. The zero-order chi connectivity index (χ0) is 21.1. The van der Waals surface area contributed by atoms with Gasteiger partial charge in [0.15, 0.2) is 11.5 Å². The van der Waals surface area contributed by atoms with E-state index in [1.165, 1.54) is 6.33 Å². The standard InChI is InChI=1S/C22H25BrN4O3.H2/c1-13(2)19(10-28)24-9-16-11-29-20-8-18-17(7-21(20)30-16)22(26-12-25-18)27-15-5-3-4-14(23)6-15;/h3-8,12-13,16,19,24,28H,9-11H2,1-2H3,(H,25,26,27);1H. The molecule has 1 aliphatic heterocycles. The Morgan fingerprint density at radius 1 is 1.23 bits per heavy atom. The van der Waals surface area contributed by atoms with Crippen LogP contribution in [0.25, 0.3) is 10.9 Å². The number of hydrogen-bond acceptors (Lipinski definition) is 7. The van der Waals surface area contributed by atoms with E-state index in [0.29, 0.717) is 36.4 Å². The van der Waals surface area contributed by atoms with Gasteiger partial charge in [-0.25, -0.2) is 9.97 Å². The van der Waals surface area contributed by atoms with Gasteiger partial charge in [0.2, 0.25) is 0 Å². The molecule has 2 heterocycles. The van der Waals surface area contributed by atoms with Crippen LogP contribution in [0.1, 0.15) is 15.3 Å². The van der Waals surface area contributed by atoms with E-state index in [4.69, 9.17) is 9.47 Å². The number of ether oxygens (including phenoxy) is 2. The molecule has 1 aromatic heterocycles. The molecule has 0 saturated heterocycles. The van der Waals surface area contributed by atoms with Gasteiger partial charge < -0.3 is 25.2 Å². The Labute approximate surface area is 185 Å². The van der Waals surface area contributed by atoms with Crippen LogP contribution in [0.4, 0.5) is 11.5 Å².